The van der Waals surface area contributed by atoms with Crippen molar-refractivity contribution in [2.45, 2.75) is 13.3 Å². The molecule has 1 aliphatic heterocycles. The van der Waals surface area contributed by atoms with Crippen LogP contribution in [0.4, 0.5) is 5.69 Å². The van der Waals surface area contributed by atoms with Gasteiger partial charge in [-0.05, 0) is 44.2 Å². The van der Waals surface area contributed by atoms with Crippen molar-refractivity contribution >= 4 is 11.6 Å². The van der Waals surface area contributed by atoms with Crippen molar-refractivity contribution in [2.75, 3.05) is 31.1 Å². The Morgan fingerprint density at radius 1 is 1.35 bits per heavy atom. The van der Waals surface area contributed by atoms with Crippen LogP contribution < -0.4 is 15.0 Å². The van der Waals surface area contributed by atoms with E-state index in [0.29, 0.717) is 13.2 Å². The first-order valence-corrected chi connectivity index (χ1v) is 6.05. The van der Waals surface area contributed by atoms with Crippen LogP contribution in [0.25, 0.3) is 0 Å². The monoisotopic (exact) mass is 234 g/mol. The third-order valence-corrected chi connectivity index (χ3v) is 2.77. The predicted molar refractivity (Wildman–Crippen MR) is 67.5 cm³/mol. The zero-order valence-corrected chi connectivity index (χ0v) is 10.1. The van der Waals surface area contributed by atoms with E-state index in [0.717, 1.165) is 30.9 Å². The van der Waals surface area contributed by atoms with Crippen molar-refractivity contribution in [3.63, 3.8) is 0 Å². The number of carbonyl (C=O) groups excluding carboxylic acids is 1. The van der Waals surface area contributed by atoms with Crippen molar-refractivity contribution in [1.82, 2.24) is 5.32 Å². The topological polar surface area (TPSA) is 41.6 Å². The van der Waals surface area contributed by atoms with Gasteiger partial charge in [-0.25, -0.2) is 0 Å². The van der Waals surface area contributed by atoms with Gasteiger partial charge in [0.2, 0.25) is 5.91 Å². The lowest BCUT2D eigenvalue weighted by Crippen LogP contribution is -2.34. The van der Waals surface area contributed by atoms with E-state index in [2.05, 4.69) is 5.32 Å². The normalized spacial score (nSPS) is 16.8. The Kier molecular flexibility index (Phi) is 3.98. The molecule has 2 rings (SSSR count). The Labute approximate surface area is 102 Å². The fourth-order valence-corrected chi connectivity index (χ4v) is 1.94. The zero-order valence-electron chi connectivity index (χ0n) is 10.1. The van der Waals surface area contributed by atoms with Gasteiger partial charge in [0, 0.05) is 12.2 Å². The second kappa shape index (κ2) is 5.68. The second-order valence-corrected chi connectivity index (χ2v) is 4.00. The minimum atomic E-state index is 0.131. The summed E-state index contributed by atoms with van der Waals surface area (Å²) >= 11 is 0. The van der Waals surface area contributed by atoms with Crippen molar-refractivity contribution in [3.8, 4) is 5.75 Å². The quantitative estimate of drug-likeness (QED) is 0.859. The molecular formula is C13H18N2O2. The molecule has 1 aliphatic rings. The number of hydrogen-bond donors (Lipinski definition) is 1. The molecule has 1 heterocycles. The number of carbonyl (C=O) groups is 1. The SMILES string of the molecule is CCOc1ccc(N2CCCNCC2=O)cc1. The number of anilines is 1. The molecule has 1 amide bonds. The van der Waals surface area contributed by atoms with E-state index in [1.165, 1.54) is 0 Å². The molecule has 0 atom stereocenters. The Morgan fingerprint density at radius 2 is 2.12 bits per heavy atom. The molecule has 0 bridgehead atoms. The number of amides is 1. The standard InChI is InChI=1S/C13H18N2O2/c1-2-17-12-6-4-11(5-7-12)15-9-3-8-14-10-13(15)16/h4-7,14H,2-3,8-10H2,1H3. The smallest absolute Gasteiger partial charge is 0.240 e. The maximum Gasteiger partial charge on any atom is 0.240 e. The van der Waals surface area contributed by atoms with E-state index >= 15 is 0 Å². The van der Waals surface area contributed by atoms with Crippen LogP contribution in [-0.4, -0.2) is 32.1 Å². The van der Waals surface area contributed by atoms with E-state index in [4.69, 9.17) is 4.74 Å². The highest BCUT2D eigenvalue weighted by Gasteiger charge is 2.17. The van der Waals surface area contributed by atoms with Gasteiger partial charge < -0.3 is 15.0 Å². The highest BCUT2D eigenvalue weighted by molar-refractivity contribution is 5.95. The molecule has 1 aromatic rings. The number of benzene rings is 1. The van der Waals surface area contributed by atoms with Gasteiger partial charge in [-0.3, -0.25) is 4.79 Å². The number of hydrogen-bond acceptors (Lipinski definition) is 3. The summed E-state index contributed by atoms with van der Waals surface area (Å²) in [5, 5.41) is 3.11. The Morgan fingerprint density at radius 3 is 2.82 bits per heavy atom. The predicted octanol–water partition coefficient (Wildman–Crippen LogP) is 1.41. The maximum atomic E-state index is 11.9. The first-order chi connectivity index (χ1) is 8.31. The van der Waals surface area contributed by atoms with E-state index in [-0.39, 0.29) is 5.91 Å². The minimum absolute atomic E-state index is 0.131. The Bertz CT molecular complexity index is 376. The van der Waals surface area contributed by atoms with E-state index in [9.17, 15) is 4.79 Å². The molecule has 1 aromatic carbocycles. The minimum Gasteiger partial charge on any atom is -0.494 e. The molecule has 0 radical (unpaired) electrons. The molecule has 17 heavy (non-hydrogen) atoms. The van der Waals surface area contributed by atoms with E-state index < -0.39 is 0 Å². The number of nitrogens with zero attached hydrogens (tertiary/aromatic N) is 1. The van der Waals surface area contributed by atoms with Crippen LogP contribution in [0, 0.1) is 0 Å². The van der Waals surface area contributed by atoms with Crippen LogP contribution in [0.5, 0.6) is 5.75 Å². The largest absolute Gasteiger partial charge is 0.494 e. The van der Waals surface area contributed by atoms with Gasteiger partial charge in [0.15, 0.2) is 0 Å². The van der Waals surface area contributed by atoms with Crippen LogP contribution in [0.15, 0.2) is 24.3 Å². The number of nitrogens with one attached hydrogen (secondary N) is 1. The zero-order chi connectivity index (χ0) is 12.1. The fraction of sp³-hybridized carbons (Fsp3) is 0.462. The summed E-state index contributed by atoms with van der Waals surface area (Å²) < 4.78 is 5.38. The van der Waals surface area contributed by atoms with Crippen LogP contribution in [0.2, 0.25) is 0 Å². The average Bonchev–Trinajstić information content (AvgIpc) is 2.56. The molecule has 0 saturated carbocycles. The fourth-order valence-electron chi connectivity index (χ4n) is 1.94. The van der Waals surface area contributed by atoms with E-state index in [1.54, 1.807) is 0 Å². The van der Waals surface area contributed by atoms with Gasteiger partial charge in [-0.15, -0.1) is 0 Å². The summed E-state index contributed by atoms with van der Waals surface area (Å²) in [5.74, 6) is 0.975. The van der Waals surface area contributed by atoms with Crippen LogP contribution >= 0.6 is 0 Å². The Hall–Kier alpha value is -1.55. The van der Waals surface area contributed by atoms with Gasteiger partial charge >= 0.3 is 0 Å². The van der Waals surface area contributed by atoms with Crippen molar-refractivity contribution in [2.24, 2.45) is 0 Å². The van der Waals surface area contributed by atoms with Crippen molar-refractivity contribution < 1.29 is 9.53 Å². The van der Waals surface area contributed by atoms with Gasteiger partial charge in [0.05, 0.1) is 13.2 Å². The Balaban J connectivity index is 2.12. The molecule has 0 spiro atoms. The number of ether oxygens (including phenoxy) is 1. The molecular weight excluding hydrogens is 216 g/mol. The molecule has 4 heteroatoms. The summed E-state index contributed by atoms with van der Waals surface area (Å²) in [4.78, 5) is 13.7. The third kappa shape index (κ3) is 2.97. The van der Waals surface area contributed by atoms with Crippen LogP contribution in [0.1, 0.15) is 13.3 Å². The molecule has 4 nitrogen and oxygen atoms in total. The summed E-state index contributed by atoms with van der Waals surface area (Å²) in [6.07, 6.45) is 0.985. The van der Waals surface area contributed by atoms with Gasteiger partial charge in [-0.1, -0.05) is 0 Å². The highest BCUT2D eigenvalue weighted by Crippen LogP contribution is 2.20. The molecule has 0 aliphatic carbocycles. The second-order valence-electron chi connectivity index (χ2n) is 4.00. The molecule has 1 saturated heterocycles. The first-order valence-electron chi connectivity index (χ1n) is 6.05. The summed E-state index contributed by atoms with van der Waals surface area (Å²) in [6.45, 7) is 4.72. The van der Waals surface area contributed by atoms with Gasteiger partial charge in [0.1, 0.15) is 5.75 Å². The molecule has 1 N–H and O–H groups in total. The van der Waals surface area contributed by atoms with Crippen LogP contribution in [-0.2, 0) is 4.79 Å². The average molecular weight is 234 g/mol. The molecule has 0 aromatic heterocycles. The lowest BCUT2D eigenvalue weighted by atomic mass is 10.2. The van der Waals surface area contributed by atoms with Gasteiger partial charge in [-0.2, -0.15) is 0 Å². The van der Waals surface area contributed by atoms with Crippen molar-refractivity contribution in [3.05, 3.63) is 24.3 Å². The molecule has 0 unspecified atom stereocenters. The lowest BCUT2D eigenvalue weighted by Gasteiger charge is -2.20. The van der Waals surface area contributed by atoms with E-state index in [1.807, 2.05) is 36.1 Å². The maximum absolute atomic E-state index is 11.9. The summed E-state index contributed by atoms with van der Waals surface area (Å²) in [5.41, 5.74) is 0.946. The summed E-state index contributed by atoms with van der Waals surface area (Å²) in [7, 11) is 0. The van der Waals surface area contributed by atoms with Gasteiger partial charge in [0.25, 0.3) is 0 Å². The molecule has 1 fully saturated rings. The van der Waals surface area contributed by atoms with Crippen molar-refractivity contribution in [1.29, 1.82) is 0 Å². The first kappa shape index (κ1) is 11.9. The number of rotatable bonds is 3. The highest BCUT2D eigenvalue weighted by atomic mass is 16.5. The molecule has 92 valence electrons. The lowest BCUT2D eigenvalue weighted by molar-refractivity contribution is -0.117. The summed E-state index contributed by atoms with van der Waals surface area (Å²) in [6, 6.07) is 7.69. The van der Waals surface area contributed by atoms with Crippen LogP contribution in [0.3, 0.4) is 0 Å². The third-order valence-electron chi connectivity index (χ3n) is 2.77.